The Balaban J connectivity index is 1.00. The van der Waals surface area contributed by atoms with Gasteiger partial charge in [-0.2, -0.15) is 0 Å². The van der Waals surface area contributed by atoms with Crippen LogP contribution in [0.1, 0.15) is 99.7 Å². The van der Waals surface area contributed by atoms with Gasteiger partial charge in [0.2, 0.25) is 0 Å². The number of rotatable bonds is 23. The van der Waals surface area contributed by atoms with Gasteiger partial charge in [0.1, 0.15) is 34.5 Å². The van der Waals surface area contributed by atoms with Crippen molar-refractivity contribution in [3.05, 3.63) is 156 Å². The van der Waals surface area contributed by atoms with Crippen LogP contribution in [-0.2, 0) is 9.53 Å². The van der Waals surface area contributed by atoms with Crippen molar-refractivity contribution in [3.63, 3.8) is 0 Å². The molecule has 0 atom stereocenters. The smallest absolute Gasteiger partial charge is 0.343 e. The Morgan fingerprint density at radius 2 is 0.672 bits per heavy atom. The maximum absolute atomic E-state index is 12.8. The number of unbranched alkanes of at least 4 members (excludes halogenated alkanes) is 6. The Bertz CT molecular complexity index is 2190. The SMILES string of the molecule is C=CC(=O)OCCCCCCOc1ccc(C(=O)Oc2ccc(C(=O)Oc3ccc(OC(=O)c4ccc(OC(=O)c5ccc(OCCCCCC)cc5)cc4)cc3)cc2)cc1. The van der Waals surface area contributed by atoms with E-state index in [2.05, 4.69) is 13.5 Å². The molecule has 0 radical (unpaired) electrons. The van der Waals surface area contributed by atoms with Gasteiger partial charge in [-0.1, -0.05) is 32.8 Å². The van der Waals surface area contributed by atoms with Gasteiger partial charge < -0.3 is 33.2 Å². The van der Waals surface area contributed by atoms with Crippen molar-refractivity contribution in [1.29, 1.82) is 0 Å². The topological polar surface area (TPSA) is 150 Å². The number of hydrogen-bond acceptors (Lipinski definition) is 12. The molecule has 0 saturated heterocycles. The molecule has 0 saturated carbocycles. The first-order chi connectivity index (χ1) is 29.7. The third-order valence-corrected chi connectivity index (χ3v) is 9.01. The predicted molar refractivity (Wildman–Crippen MR) is 227 cm³/mol. The highest BCUT2D eigenvalue weighted by Gasteiger charge is 2.15. The Morgan fingerprint density at radius 1 is 0.393 bits per heavy atom. The van der Waals surface area contributed by atoms with Crippen LogP contribution in [0.2, 0.25) is 0 Å². The standard InChI is InChI=1S/C49H48O12/c1-3-5-6-9-32-55-39-20-12-35(13-21-39)46(51)58-41-24-16-37(17-25-41)48(53)60-43-28-30-44(31-29-43)61-49(54)38-18-26-42(27-19-38)59-47(52)36-14-22-40(23-15-36)56-33-10-7-8-11-34-57-45(50)4-2/h4,12-31H,2-3,5-11,32-34H2,1H3. The zero-order valence-electron chi connectivity index (χ0n) is 34.0. The highest BCUT2D eigenvalue weighted by molar-refractivity contribution is 5.94. The molecule has 0 aromatic heterocycles. The third kappa shape index (κ3) is 15.2. The summed E-state index contributed by atoms with van der Waals surface area (Å²) in [6.45, 7) is 7.03. The molecule has 5 aromatic carbocycles. The van der Waals surface area contributed by atoms with Gasteiger partial charge in [0.15, 0.2) is 0 Å². The molecule has 5 rings (SSSR count). The van der Waals surface area contributed by atoms with Crippen molar-refractivity contribution in [2.75, 3.05) is 19.8 Å². The Kier molecular flexibility index (Phi) is 17.7. The van der Waals surface area contributed by atoms with Crippen LogP contribution in [0, 0.1) is 0 Å². The van der Waals surface area contributed by atoms with Gasteiger partial charge in [0.25, 0.3) is 0 Å². The molecule has 0 N–H and O–H groups in total. The summed E-state index contributed by atoms with van der Waals surface area (Å²) in [7, 11) is 0. The summed E-state index contributed by atoms with van der Waals surface area (Å²) in [5.74, 6) is -0.579. The first-order valence-electron chi connectivity index (χ1n) is 20.1. The molecule has 0 spiro atoms. The van der Waals surface area contributed by atoms with Crippen LogP contribution in [-0.4, -0.2) is 49.7 Å². The van der Waals surface area contributed by atoms with E-state index in [-0.39, 0.29) is 34.1 Å². The van der Waals surface area contributed by atoms with Gasteiger partial charge in [-0.05, 0) is 153 Å². The van der Waals surface area contributed by atoms with Crippen molar-refractivity contribution in [2.24, 2.45) is 0 Å². The number of benzene rings is 5. The highest BCUT2D eigenvalue weighted by Crippen LogP contribution is 2.23. The molecule has 12 nitrogen and oxygen atoms in total. The lowest BCUT2D eigenvalue weighted by atomic mass is 10.2. The fraction of sp³-hybridized carbons (Fsp3) is 0.245. The molecule has 12 heteroatoms. The van der Waals surface area contributed by atoms with Crippen LogP contribution >= 0.6 is 0 Å². The number of carbonyl (C=O) groups is 5. The van der Waals surface area contributed by atoms with Crippen LogP contribution in [0.4, 0.5) is 0 Å². The zero-order valence-corrected chi connectivity index (χ0v) is 34.0. The van der Waals surface area contributed by atoms with E-state index in [0.717, 1.165) is 51.0 Å². The summed E-state index contributed by atoms with van der Waals surface area (Å²) in [4.78, 5) is 62.0. The molecule has 0 aliphatic heterocycles. The molecule has 0 unspecified atom stereocenters. The predicted octanol–water partition coefficient (Wildman–Crippen LogP) is 10.2. The van der Waals surface area contributed by atoms with Crippen molar-refractivity contribution in [2.45, 2.75) is 58.3 Å². The number of hydrogen-bond donors (Lipinski definition) is 0. The number of ether oxygens (including phenoxy) is 7. The molecule has 61 heavy (non-hydrogen) atoms. The van der Waals surface area contributed by atoms with Gasteiger partial charge in [-0.15, -0.1) is 0 Å². The number of esters is 5. The molecular formula is C49H48O12. The lowest BCUT2D eigenvalue weighted by Gasteiger charge is -2.09. The minimum absolute atomic E-state index is 0.215. The van der Waals surface area contributed by atoms with E-state index in [9.17, 15) is 24.0 Å². The van der Waals surface area contributed by atoms with Gasteiger partial charge in [0, 0.05) is 6.08 Å². The van der Waals surface area contributed by atoms with E-state index >= 15 is 0 Å². The first kappa shape index (κ1) is 44.9. The minimum Gasteiger partial charge on any atom is -0.494 e. The quantitative estimate of drug-likeness (QED) is 0.0267. The van der Waals surface area contributed by atoms with Gasteiger partial charge in [-0.3, -0.25) is 0 Å². The normalized spacial score (nSPS) is 10.5. The molecule has 0 fully saturated rings. The van der Waals surface area contributed by atoms with Crippen LogP contribution in [0.15, 0.2) is 134 Å². The van der Waals surface area contributed by atoms with E-state index in [1.807, 2.05) is 0 Å². The summed E-state index contributed by atoms with van der Waals surface area (Å²) in [5.41, 5.74) is 1.14. The first-order valence-corrected chi connectivity index (χ1v) is 20.1. The second-order valence-electron chi connectivity index (χ2n) is 13.7. The third-order valence-electron chi connectivity index (χ3n) is 9.01. The second-order valence-corrected chi connectivity index (χ2v) is 13.7. The monoisotopic (exact) mass is 828 g/mol. The minimum atomic E-state index is -0.646. The van der Waals surface area contributed by atoms with Gasteiger partial charge >= 0.3 is 29.8 Å². The number of carbonyl (C=O) groups excluding carboxylic acids is 5. The molecule has 0 aliphatic rings. The second kappa shape index (κ2) is 24.0. The summed E-state index contributed by atoms with van der Waals surface area (Å²) < 4.78 is 38.3. The largest absolute Gasteiger partial charge is 0.494 e. The van der Waals surface area contributed by atoms with Crippen LogP contribution in [0.5, 0.6) is 34.5 Å². The summed E-state index contributed by atoms with van der Waals surface area (Å²) in [6, 6.07) is 31.2. The zero-order chi connectivity index (χ0) is 43.2. The lowest BCUT2D eigenvalue weighted by Crippen LogP contribution is -2.11. The van der Waals surface area contributed by atoms with E-state index in [1.54, 1.807) is 48.5 Å². The van der Waals surface area contributed by atoms with Crippen molar-refractivity contribution >= 4 is 29.8 Å². The van der Waals surface area contributed by atoms with E-state index < -0.39 is 29.8 Å². The molecule has 0 amide bonds. The summed E-state index contributed by atoms with van der Waals surface area (Å²) >= 11 is 0. The molecule has 0 bridgehead atoms. The molecule has 0 heterocycles. The van der Waals surface area contributed by atoms with Gasteiger partial charge in [-0.25, -0.2) is 24.0 Å². The summed E-state index contributed by atoms with van der Waals surface area (Å²) in [5, 5.41) is 0. The molecule has 316 valence electrons. The average molecular weight is 829 g/mol. The highest BCUT2D eigenvalue weighted by atomic mass is 16.6. The van der Waals surface area contributed by atoms with E-state index in [4.69, 9.17) is 33.2 Å². The summed E-state index contributed by atoms with van der Waals surface area (Å²) in [6.07, 6.45) is 9.02. The van der Waals surface area contributed by atoms with Crippen LogP contribution in [0.3, 0.4) is 0 Å². The fourth-order valence-corrected chi connectivity index (χ4v) is 5.63. The molecule has 0 aliphatic carbocycles. The van der Waals surface area contributed by atoms with Crippen LogP contribution < -0.4 is 28.4 Å². The van der Waals surface area contributed by atoms with Crippen molar-refractivity contribution in [3.8, 4) is 34.5 Å². The van der Waals surface area contributed by atoms with E-state index in [0.29, 0.717) is 42.4 Å². The fourth-order valence-electron chi connectivity index (χ4n) is 5.63. The Labute approximate surface area is 355 Å². The maximum atomic E-state index is 12.8. The van der Waals surface area contributed by atoms with Crippen molar-refractivity contribution in [1.82, 2.24) is 0 Å². The molecular weight excluding hydrogens is 781 g/mol. The Morgan fingerprint density at radius 3 is 0.984 bits per heavy atom. The van der Waals surface area contributed by atoms with Crippen LogP contribution in [0.25, 0.3) is 0 Å². The van der Waals surface area contributed by atoms with E-state index in [1.165, 1.54) is 79.2 Å². The maximum Gasteiger partial charge on any atom is 0.343 e. The van der Waals surface area contributed by atoms with Crippen molar-refractivity contribution < 1.29 is 57.1 Å². The van der Waals surface area contributed by atoms with Gasteiger partial charge in [0.05, 0.1) is 42.1 Å². The molecule has 5 aromatic rings. The Hall–Kier alpha value is -7.21. The average Bonchev–Trinajstić information content (AvgIpc) is 3.28. The lowest BCUT2D eigenvalue weighted by molar-refractivity contribution is -0.137.